The molecule has 5 nitrogen and oxygen atoms in total. The lowest BCUT2D eigenvalue weighted by Gasteiger charge is -2.25. The van der Waals surface area contributed by atoms with Crippen molar-refractivity contribution in [2.24, 2.45) is 0 Å². The second-order valence-electron chi connectivity index (χ2n) is 13.1. The minimum atomic E-state index is -0.305. The molecule has 0 saturated heterocycles. The highest BCUT2D eigenvalue weighted by molar-refractivity contribution is 6.02. The predicted octanol–water partition coefficient (Wildman–Crippen LogP) is 11.5. The molecule has 5 aromatic carbocycles. The van der Waals surface area contributed by atoms with Crippen LogP contribution >= 0.6 is 0 Å². The summed E-state index contributed by atoms with van der Waals surface area (Å²) in [5.74, 6) is 1.12. The largest absolute Gasteiger partial charge is 0.297 e. The van der Waals surface area contributed by atoms with Crippen LogP contribution in [-0.4, -0.2) is 18.8 Å². The fourth-order valence-electron chi connectivity index (χ4n) is 7.60. The SMILES string of the molecule is Cc1cccc(C)c1-c1c(N(c2ccc(F)cc2)c2nc3c4ccccc4ccn3c2-c2c(C)cccc2C)nc2c3ccccc3ccn12. The van der Waals surface area contributed by atoms with Gasteiger partial charge in [0.05, 0.1) is 11.4 Å². The van der Waals surface area contributed by atoms with E-state index in [1.807, 2.05) is 12.1 Å². The van der Waals surface area contributed by atoms with Crippen molar-refractivity contribution in [1.29, 1.82) is 0 Å². The summed E-state index contributed by atoms with van der Waals surface area (Å²) >= 11 is 0. The Morgan fingerprint density at radius 2 is 0.900 bits per heavy atom. The summed E-state index contributed by atoms with van der Waals surface area (Å²) in [6.45, 7) is 8.59. The molecule has 0 fully saturated rings. The molecule has 4 heterocycles. The summed E-state index contributed by atoms with van der Waals surface area (Å²) < 4.78 is 19.1. The Hall–Kier alpha value is -6.27. The van der Waals surface area contributed by atoms with E-state index in [2.05, 4.69) is 151 Å². The molecule has 9 aromatic rings. The third kappa shape index (κ3) is 4.52. The van der Waals surface area contributed by atoms with Crippen LogP contribution in [0, 0.1) is 33.5 Å². The van der Waals surface area contributed by atoms with Crippen LogP contribution in [0.15, 0.2) is 134 Å². The zero-order valence-corrected chi connectivity index (χ0v) is 28.3. The van der Waals surface area contributed by atoms with Crippen LogP contribution < -0.4 is 4.90 Å². The number of nitrogens with zero attached hydrogens (tertiary/aromatic N) is 5. The first kappa shape index (κ1) is 29.8. The minimum Gasteiger partial charge on any atom is -0.297 e. The molecule has 9 rings (SSSR count). The maximum atomic E-state index is 14.7. The van der Waals surface area contributed by atoms with Gasteiger partial charge in [-0.25, -0.2) is 14.4 Å². The number of hydrogen-bond donors (Lipinski definition) is 0. The average Bonchev–Trinajstić information content (AvgIpc) is 3.69. The van der Waals surface area contributed by atoms with Crippen molar-refractivity contribution in [1.82, 2.24) is 18.8 Å². The molecule has 6 heteroatoms. The third-order valence-corrected chi connectivity index (χ3v) is 9.94. The normalized spacial score (nSPS) is 11.7. The lowest BCUT2D eigenvalue weighted by atomic mass is 9.98. The van der Waals surface area contributed by atoms with E-state index in [0.29, 0.717) is 11.6 Å². The van der Waals surface area contributed by atoms with Crippen molar-refractivity contribution < 1.29 is 4.39 Å². The van der Waals surface area contributed by atoms with E-state index >= 15 is 0 Å². The minimum absolute atomic E-state index is 0.305. The van der Waals surface area contributed by atoms with Crippen LogP contribution in [0.2, 0.25) is 0 Å². The van der Waals surface area contributed by atoms with E-state index < -0.39 is 0 Å². The number of anilines is 3. The fraction of sp³-hybridized carbons (Fsp3) is 0.0909. The number of pyridine rings is 2. The van der Waals surface area contributed by atoms with Crippen molar-refractivity contribution in [3.63, 3.8) is 0 Å². The third-order valence-electron chi connectivity index (χ3n) is 9.94. The first-order chi connectivity index (χ1) is 24.4. The van der Waals surface area contributed by atoms with Gasteiger partial charge >= 0.3 is 0 Å². The standard InChI is InChI=1S/C44H34FN5/c1-27-11-9-12-28(2)37(27)39-43(46-41-35-17-7-5-15-31(35)23-25-48(39)41)50(34-21-19-33(45)20-22-34)44-40(38-29(3)13-10-14-30(38)4)49-26-24-32-16-6-8-18-36(32)42(49)47-44/h5-26H,1-4H3. The Labute approximate surface area is 289 Å². The zero-order valence-electron chi connectivity index (χ0n) is 28.3. The lowest BCUT2D eigenvalue weighted by molar-refractivity contribution is 0.628. The van der Waals surface area contributed by atoms with Crippen molar-refractivity contribution in [3.8, 4) is 22.5 Å². The van der Waals surface area contributed by atoms with Gasteiger partial charge in [-0.3, -0.25) is 13.7 Å². The highest BCUT2D eigenvalue weighted by Gasteiger charge is 2.31. The highest BCUT2D eigenvalue weighted by Crippen LogP contribution is 2.47. The van der Waals surface area contributed by atoms with Crippen molar-refractivity contribution in [3.05, 3.63) is 162 Å². The van der Waals surface area contributed by atoms with E-state index in [9.17, 15) is 4.39 Å². The van der Waals surface area contributed by atoms with Crippen molar-refractivity contribution in [2.75, 3.05) is 4.90 Å². The second-order valence-corrected chi connectivity index (χ2v) is 13.1. The highest BCUT2D eigenvalue weighted by atomic mass is 19.1. The van der Waals surface area contributed by atoms with Gasteiger partial charge in [0.1, 0.15) is 17.1 Å². The van der Waals surface area contributed by atoms with Crippen LogP contribution in [0.25, 0.3) is 55.4 Å². The quantitative estimate of drug-likeness (QED) is 0.186. The predicted molar refractivity (Wildman–Crippen MR) is 203 cm³/mol. The number of fused-ring (bicyclic) bond motifs is 6. The van der Waals surface area contributed by atoms with Gasteiger partial charge in [0.25, 0.3) is 0 Å². The average molecular weight is 652 g/mol. The molecule has 242 valence electrons. The van der Waals surface area contributed by atoms with Gasteiger partial charge in [-0.15, -0.1) is 0 Å². The maximum Gasteiger partial charge on any atom is 0.166 e. The second kappa shape index (κ2) is 11.4. The Kier molecular flexibility index (Phi) is 6.81. The Bertz CT molecular complexity index is 2560. The van der Waals surface area contributed by atoms with E-state index in [1.54, 1.807) is 0 Å². The van der Waals surface area contributed by atoms with E-state index in [0.717, 1.165) is 83.3 Å². The van der Waals surface area contributed by atoms with E-state index in [1.165, 1.54) is 12.1 Å². The topological polar surface area (TPSA) is 37.8 Å². The molecule has 0 spiro atoms. The summed E-state index contributed by atoms with van der Waals surface area (Å²) in [7, 11) is 0. The monoisotopic (exact) mass is 651 g/mol. The molecule has 0 unspecified atom stereocenters. The van der Waals surface area contributed by atoms with Gasteiger partial charge in [-0.1, -0.05) is 84.9 Å². The first-order valence-electron chi connectivity index (χ1n) is 16.9. The van der Waals surface area contributed by atoms with Gasteiger partial charge in [0, 0.05) is 40.0 Å². The van der Waals surface area contributed by atoms with E-state index in [4.69, 9.17) is 9.97 Å². The molecule has 0 saturated carbocycles. The summed E-state index contributed by atoms with van der Waals surface area (Å²) in [6, 6.07) is 40.4. The van der Waals surface area contributed by atoms with Gasteiger partial charge in [0.15, 0.2) is 11.6 Å². The molecule has 0 amide bonds. The molecule has 0 N–H and O–H groups in total. The molecule has 0 aliphatic rings. The number of aryl methyl sites for hydroxylation is 4. The van der Waals surface area contributed by atoms with Crippen LogP contribution in [0.3, 0.4) is 0 Å². The molecule has 0 bridgehead atoms. The van der Waals surface area contributed by atoms with Crippen LogP contribution in [0.1, 0.15) is 22.3 Å². The lowest BCUT2D eigenvalue weighted by Crippen LogP contribution is -2.14. The number of hydrogen-bond acceptors (Lipinski definition) is 3. The van der Waals surface area contributed by atoms with Gasteiger partial charge < -0.3 is 0 Å². The number of rotatable bonds is 5. The Morgan fingerprint density at radius 3 is 1.34 bits per heavy atom. The molecule has 50 heavy (non-hydrogen) atoms. The van der Waals surface area contributed by atoms with Crippen molar-refractivity contribution >= 4 is 50.2 Å². The molecule has 0 aliphatic heterocycles. The van der Waals surface area contributed by atoms with Crippen LogP contribution in [-0.2, 0) is 0 Å². The summed E-state index contributed by atoms with van der Waals surface area (Å²) in [5.41, 5.74) is 11.1. The number of benzene rings is 5. The smallest absolute Gasteiger partial charge is 0.166 e. The van der Waals surface area contributed by atoms with Gasteiger partial charge in [-0.05, 0) is 97.1 Å². The van der Waals surface area contributed by atoms with Gasteiger partial charge in [-0.2, -0.15) is 0 Å². The maximum absolute atomic E-state index is 14.7. The first-order valence-corrected chi connectivity index (χ1v) is 16.9. The Balaban J connectivity index is 1.49. The molecular formula is C44H34FN5. The summed E-state index contributed by atoms with van der Waals surface area (Å²) in [5, 5.41) is 4.30. The number of aromatic nitrogens is 4. The summed E-state index contributed by atoms with van der Waals surface area (Å²) in [6.07, 6.45) is 4.23. The van der Waals surface area contributed by atoms with E-state index in [-0.39, 0.29) is 5.82 Å². The fourth-order valence-corrected chi connectivity index (χ4v) is 7.60. The number of halogens is 1. The van der Waals surface area contributed by atoms with Crippen LogP contribution in [0.5, 0.6) is 0 Å². The van der Waals surface area contributed by atoms with Gasteiger partial charge in [0.2, 0.25) is 0 Å². The van der Waals surface area contributed by atoms with Crippen molar-refractivity contribution in [2.45, 2.75) is 27.7 Å². The molecule has 4 aromatic heterocycles. The number of imidazole rings is 2. The van der Waals surface area contributed by atoms with Crippen LogP contribution in [0.4, 0.5) is 21.7 Å². The molecule has 0 atom stereocenters. The molecule has 0 aliphatic carbocycles. The Morgan fingerprint density at radius 1 is 0.480 bits per heavy atom. The zero-order chi connectivity index (χ0) is 34.1. The molecule has 0 radical (unpaired) electrons. The summed E-state index contributed by atoms with van der Waals surface area (Å²) in [4.78, 5) is 13.2. The molecular weight excluding hydrogens is 618 g/mol.